The van der Waals surface area contributed by atoms with Crippen LogP contribution in [0.25, 0.3) is 0 Å². The topological polar surface area (TPSA) is 62.3 Å². The van der Waals surface area contributed by atoms with Gasteiger partial charge in [0.1, 0.15) is 21.6 Å². The lowest BCUT2D eigenvalue weighted by Gasteiger charge is -2.39. The van der Waals surface area contributed by atoms with Gasteiger partial charge in [-0.2, -0.15) is 5.26 Å². The predicted octanol–water partition coefficient (Wildman–Crippen LogP) is 3.47. The van der Waals surface area contributed by atoms with E-state index in [-0.39, 0.29) is 0 Å². The van der Waals surface area contributed by atoms with E-state index in [9.17, 15) is 0 Å². The number of hydrogen-bond donors (Lipinski definition) is 1. The maximum absolute atomic E-state index is 9.11. The molecule has 0 saturated carbocycles. The highest BCUT2D eigenvalue weighted by Gasteiger charge is 2.31. The Kier molecular flexibility index (Phi) is 4.14. The maximum Gasteiger partial charge on any atom is 0.177 e. The van der Waals surface area contributed by atoms with Gasteiger partial charge in [-0.15, -0.1) is 11.3 Å². The Morgan fingerprint density at radius 1 is 1.35 bits per heavy atom. The molecule has 0 amide bonds. The summed E-state index contributed by atoms with van der Waals surface area (Å²) >= 11 is 1.44. The van der Waals surface area contributed by atoms with E-state index >= 15 is 0 Å². The lowest BCUT2D eigenvalue weighted by atomic mass is 9.75. The number of methoxy groups -OCH3 is 1. The number of nitrogens with zero attached hydrogens (tertiary/aromatic N) is 2. The number of hydrogen-bond acceptors (Lipinski definition) is 5. The second-order valence-electron chi connectivity index (χ2n) is 6.42. The summed E-state index contributed by atoms with van der Waals surface area (Å²) < 4.78 is 5.40. The molecule has 0 atom stereocenters. The van der Waals surface area contributed by atoms with Gasteiger partial charge >= 0.3 is 0 Å². The number of thiophene rings is 1. The molecular weight excluding hydrogens is 270 g/mol. The van der Waals surface area contributed by atoms with Crippen molar-refractivity contribution in [3.8, 4) is 11.8 Å². The van der Waals surface area contributed by atoms with Gasteiger partial charge in [-0.3, -0.25) is 0 Å². The highest BCUT2D eigenvalue weighted by atomic mass is 32.1. The SMILES string of the molecule is COc1c(N2CCC(C(C)(C)C)CC2)sc(C#N)c1N. The van der Waals surface area contributed by atoms with Crippen LogP contribution in [-0.2, 0) is 0 Å². The zero-order chi connectivity index (χ0) is 14.9. The average molecular weight is 293 g/mol. The van der Waals surface area contributed by atoms with Crippen LogP contribution in [0.3, 0.4) is 0 Å². The number of nitrogen functional groups attached to an aromatic ring is 1. The van der Waals surface area contributed by atoms with Crippen molar-refractivity contribution in [1.29, 1.82) is 5.26 Å². The van der Waals surface area contributed by atoms with Crippen molar-refractivity contribution in [1.82, 2.24) is 0 Å². The van der Waals surface area contributed by atoms with Crippen LogP contribution >= 0.6 is 11.3 Å². The first-order valence-electron chi connectivity index (χ1n) is 6.99. The number of rotatable bonds is 2. The van der Waals surface area contributed by atoms with Gasteiger partial charge in [0.15, 0.2) is 5.75 Å². The van der Waals surface area contributed by atoms with E-state index < -0.39 is 0 Å². The Bertz CT molecular complexity index is 516. The van der Waals surface area contributed by atoms with Crippen molar-refractivity contribution in [3.05, 3.63) is 4.88 Å². The molecule has 20 heavy (non-hydrogen) atoms. The van der Waals surface area contributed by atoms with Crippen LogP contribution in [0.4, 0.5) is 10.7 Å². The molecule has 1 aliphatic heterocycles. The summed E-state index contributed by atoms with van der Waals surface area (Å²) in [6, 6.07) is 2.15. The van der Waals surface area contributed by atoms with Crippen molar-refractivity contribution in [2.75, 3.05) is 30.8 Å². The van der Waals surface area contributed by atoms with Gasteiger partial charge in [0.25, 0.3) is 0 Å². The molecule has 1 aliphatic rings. The lowest BCUT2D eigenvalue weighted by molar-refractivity contribution is 0.199. The highest BCUT2D eigenvalue weighted by molar-refractivity contribution is 7.17. The van der Waals surface area contributed by atoms with E-state index in [2.05, 4.69) is 31.7 Å². The molecule has 1 saturated heterocycles. The summed E-state index contributed by atoms with van der Waals surface area (Å²) in [5.74, 6) is 1.42. The summed E-state index contributed by atoms with van der Waals surface area (Å²) in [4.78, 5) is 2.86. The number of nitriles is 1. The molecular formula is C15H23N3OS. The molecule has 5 heteroatoms. The number of nitrogens with two attached hydrogens (primary N) is 1. The average Bonchev–Trinajstić information content (AvgIpc) is 2.74. The lowest BCUT2D eigenvalue weighted by Crippen LogP contribution is -2.37. The molecule has 1 fully saturated rings. The summed E-state index contributed by atoms with van der Waals surface area (Å²) in [5, 5.41) is 10.1. The number of piperidine rings is 1. The Hall–Kier alpha value is -1.41. The van der Waals surface area contributed by atoms with Gasteiger partial charge in [0.2, 0.25) is 0 Å². The second kappa shape index (κ2) is 5.53. The third-order valence-electron chi connectivity index (χ3n) is 4.19. The molecule has 0 unspecified atom stereocenters. The third-order valence-corrected chi connectivity index (χ3v) is 5.35. The molecule has 2 heterocycles. The smallest absolute Gasteiger partial charge is 0.177 e. The molecule has 0 radical (unpaired) electrons. The van der Waals surface area contributed by atoms with Crippen LogP contribution in [0.5, 0.6) is 5.75 Å². The Balaban J connectivity index is 2.17. The zero-order valence-corrected chi connectivity index (χ0v) is 13.5. The largest absolute Gasteiger partial charge is 0.492 e. The molecule has 1 aromatic rings. The molecule has 1 aromatic heterocycles. The van der Waals surface area contributed by atoms with Gasteiger partial charge in [-0.25, -0.2) is 0 Å². The molecule has 4 nitrogen and oxygen atoms in total. The van der Waals surface area contributed by atoms with Crippen molar-refractivity contribution in [3.63, 3.8) is 0 Å². The van der Waals surface area contributed by atoms with Crippen LogP contribution in [0.15, 0.2) is 0 Å². The minimum absolute atomic E-state index is 0.364. The minimum Gasteiger partial charge on any atom is -0.492 e. The molecule has 0 bridgehead atoms. The fraction of sp³-hybridized carbons (Fsp3) is 0.667. The Morgan fingerprint density at radius 2 is 1.95 bits per heavy atom. The fourth-order valence-electron chi connectivity index (χ4n) is 2.85. The maximum atomic E-state index is 9.11. The summed E-state index contributed by atoms with van der Waals surface area (Å²) in [6.45, 7) is 8.94. The van der Waals surface area contributed by atoms with Crippen LogP contribution in [0, 0.1) is 22.7 Å². The van der Waals surface area contributed by atoms with Crippen molar-refractivity contribution < 1.29 is 4.74 Å². The Labute approximate surface area is 125 Å². The van der Waals surface area contributed by atoms with Crippen LogP contribution in [0.1, 0.15) is 38.5 Å². The number of ether oxygens (including phenoxy) is 1. The quantitative estimate of drug-likeness (QED) is 0.907. The second-order valence-corrected chi connectivity index (χ2v) is 7.42. The van der Waals surface area contributed by atoms with E-state index in [0.717, 1.165) is 24.0 Å². The molecule has 0 aliphatic carbocycles. The highest BCUT2D eigenvalue weighted by Crippen LogP contribution is 2.46. The summed E-state index contributed by atoms with van der Waals surface area (Å²) in [5.41, 5.74) is 6.81. The summed E-state index contributed by atoms with van der Waals surface area (Å²) in [7, 11) is 1.62. The fourth-order valence-corrected chi connectivity index (χ4v) is 3.89. The van der Waals surface area contributed by atoms with Crippen LogP contribution in [0.2, 0.25) is 0 Å². The standard InChI is InChI=1S/C15H23N3OS/c1-15(2,3)10-5-7-18(8-6-10)14-13(19-4)12(17)11(9-16)20-14/h10H,5-8,17H2,1-4H3. The van der Waals surface area contributed by atoms with E-state index in [0.29, 0.717) is 21.7 Å². The molecule has 2 rings (SSSR count). The van der Waals surface area contributed by atoms with Crippen molar-refractivity contribution in [2.24, 2.45) is 11.3 Å². The van der Waals surface area contributed by atoms with Gasteiger partial charge in [0.05, 0.1) is 7.11 Å². The zero-order valence-electron chi connectivity index (χ0n) is 12.7. The Morgan fingerprint density at radius 3 is 2.40 bits per heavy atom. The molecule has 2 N–H and O–H groups in total. The minimum atomic E-state index is 0.364. The first-order valence-corrected chi connectivity index (χ1v) is 7.81. The number of anilines is 2. The molecule has 0 aromatic carbocycles. The first-order chi connectivity index (χ1) is 9.38. The summed E-state index contributed by atoms with van der Waals surface area (Å²) in [6.07, 6.45) is 2.35. The van der Waals surface area contributed by atoms with Crippen LogP contribution in [-0.4, -0.2) is 20.2 Å². The van der Waals surface area contributed by atoms with Gasteiger partial charge < -0.3 is 15.4 Å². The van der Waals surface area contributed by atoms with E-state index in [1.54, 1.807) is 7.11 Å². The first kappa shape index (κ1) is 15.0. The van der Waals surface area contributed by atoms with Crippen molar-refractivity contribution in [2.45, 2.75) is 33.6 Å². The monoisotopic (exact) mass is 293 g/mol. The predicted molar refractivity (Wildman–Crippen MR) is 84.4 cm³/mol. The van der Waals surface area contributed by atoms with E-state index in [4.69, 9.17) is 15.7 Å². The molecule has 0 spiro atoms. The van der Waals surface area contributed by atoms with Gasteiger partial charge in [-0.05, 0) is 24.2 Å². The van der Waals surface area contributed by atoms with E-state index in [1.807, 2.05) is 0 Å². The van der Waals surface area contributed by atoms with Gasteiger partial charge in [0, 0.05) is 13.1 Å². The van der Waals surface area contributed by atoms with Crippen molar-refractivity contribution >= 4 is 22.0 Å². The molecule has 110 valence electrons. The van der Waals surface area contributed by atoms with Crippen LogP contribution < -0.4 is 15.4 Å². The normalized spacial score (nSPS) is 17.1. The van der Waals surface area contributed by atoms with Gasteiger partial charge in [-0.1, -0.05) is 20.8 Å². The van der Waals surface area contributed by atoms with E-state index in [1.165, 1.54) is 24.2 Å². The third kappa shape index (κ3) is 2.71.